The number of hydrogen-bond acceptors (Lipinski definition) is 6. The Morgan fingerprint density at radius 1 is 0.738 bits per heavy atom. The van der Waals surface area contributed by atoms with Crippen LogP contribution in [-0.2, 0) is 9.53 Å². The number of methoxy groups -OCH3 is 1. The molecular formula is C36H26N2O4. The molecule has 0 bridgehead atoms. The van der Waals surface area contributed by atoms with Crippen molar-refractivity contribution in [3.05, 3.63) is 96.1 Å². The third-order valence-electron chi connectivity index (χ3n) is 6.39. The van der Waals surface area contributed by atoms with Crippen LogP contribution in [-0.4, -0.2) is 26.3 Å². The fourth-order valence-corrected chi connectivity index (χ4v) is 4.54. The lowest BCUT2D eigenvalue weighted by Crippen LogP contribution is -2.09. The second-order valence-electron chi connectivity index (χ2n) is 9.11. The number of allylic oxidation sites excluding steroid dienone is 2. The average molecular weight is 551 g/mol. The van der Waals surface area contributed by atoms with Crippen LogP contribution in [0.1, 0.15) is 24.5 Å². The predicted octanol–water partition coefficient (Wildman–Crippen LogP) is 6.85. The van der Waals surface area contributed by atoms with E-state index >= 15 is 0 Å². The molecule has 0 N–H and O–H groups in total. The van der Waals surface area contributed by atoms with Gasteiger partial charge < -0.3 is 14.2 Å². The number of ether oxygens (including phenoxy) is 3. The molecular weight excluding hydrogens is 524 g/mol. The number of nitriles is 2. The molecule has 0 saturated heterocycles. The first-order chi connectivity index (χ1) is 20.5. The molecule has 4 rings (SSSR count). The normalized spacial score (nSPS) is 10.6. The summed E-state index contributed by atoms with van der Waals surface area (Å²) < 4.78 is 16.8. The van der Waals surface area contributed by atoms with E-state index < -0.39 is 5.97 Å². The quantitative estimate of drug-likeness (QED) is 0.0744. The van der Waals surface area contributed by atoms with Crippen molar-refractivity contribution in [3.8, 4) is 47.3 Å². The van der Waals surface area contributed by atoms with Gasteiger partial charge in [0, 0.05) is 45.8 Å². The van der Waals surface area contributed by atoms with Gasteiger partial charge in [0.05, 0.1) is 20.3 Å². The van der Waals surface area contributed by atoms with Crippen LogP contribution in [0.5, 0.6) is 11.5 Å². The van der Waals surface area contributed by atoms with E-state index in [-0.39, 0.29) is 6.61 Å². The van der Waals surface area contributed by atoms with Crippen LogP contribution < -0.4 is 9.47 Å². The first-order valence-electron chi connectivity index (χ1n) is 13.1. The molecule has 0 spiro atoms. The summed E-state index contributed by atoms with van der Waals surface area (Å²) in [6, 6.07) is 26.7. The fraction of sp³-hybridized carbons (Fsp3) is 0.139. The topological polar surface area (TPSA) is 92.3 Å². The van der Waals surface area contributed by atoms with Crippen molar-refractivity contribution in [2.24, 2.45) is 0 Å². The minimum Gasteiger partial charge on any atom is -0.496 e. The molecule has 6 heteroatoms. The summed E-state index contributed by atoms with van der Waals surface area (Å²) in [6.45, 7) is 5.73. The van der Waals surface area contributed by atoms with Crippen molar-refractivity contribution in [1.29, 1.82) is 10.5 Å². The standard InChI is InChI=1S/C36H26N2O4/c1-25(2)36(39)42-24-10-23-41-35-20-7-14-31-27(12-5-16-33(31)35)29(18-9-22-38)28(17-8-21-37)26-11-4-15-32-30(26)13-6-19-34(32)40-3/h4-7,11-16,19-20H,1,10,23-24H2,2-3H3/b29-28+. The van der Waals surface area contributed by atoms with Gasteiger partial charge in [0.1, 0.15) is 11.5 Å². The van der Waals surface area contributed by atoms with Crippen molar-refractivity contribution in [2.75, 3.05) is 20.3 Å². The van der Waals surface area contributed by atoms with Gasteiger partial charge in [-0.05, 0) is 52.8 Å². The summed E-state index contributed by atoms with van der Waals surface area (Å²) in [5, 5.41) is 22.2. The monoisotopic (exact) mass is 550 g/mol. The number of carbonyl (C=O) groups excluding carboxylic acids is 1. The predicted molar refractivity (Wildman–Crippen MR) is 164 cm³/mol. The van der Waals surface area contributed by atoms with Crippen LogP contribution in [0.4, 0.5) is 0 Å². The Morgan fingerprint density at radius 3 is 1.76 bits per heavy atom. The van der Waals surface area contributed by atoms with Crippen molar-refractivity contribution < 1.29 is 19.0 Å². The first-order valence-corrected chi connectivity index (χ1v) is 13.1. The molecule has 0 saturated carbocycles. The largest absolute Gasteiger partial charge is 0.496 e. The van der Waals surface area contributed by atoms with E-state index in [1.54, 1.807) is 14.0 Å². The molecule has 0 radical (unpaired) electrons. The van der Waals surface area contributed by atoms with Crippen molar-refractivity contribution in [2.45, 2.75) is 13.3 Å². The molecule has 0 heterocycles. The van der Waals surface area contributed by atoms with E-state index in [2.05, 4.69) is 30.3 Å². The van der Waals surface area contributed by atoms with Gasteiger partial charge in [-0.3, -0.25) is 0 Å². The summed E-state index contributed by atoms with van der Waals surface area (Å²) in [4.78, 5) is 11.6. The SMILES string of the molecule is C=C(C)C(=O)OCCCOc1cccc2c(/C(C#CC#N)=C(\C#CC#N)c3cccc4c(OC)cccc34)cccc12. The molecule has 0 unspecified atom stereocenters. The Balaban J connectivity index is 1.86. The lowest BCUT2D eigenvalue weighted by atomic mass is 9.89. The highest BCUT2D eigenvalue weighted by Gasteiger charge is 2.16. The van der Waals surface area contributed by atoms with Gasteiger partial charge in [0.25, 0.3) is 0 Å². The highest BCUT2D eigenvalue weighted by Crippen LogP contribution is 2.37. The molecule has 0 aliphatic heterocycles. The Labute approximate surface area is 245 Å². The first kappa shape index (κ1) is 29.0. The number of esters is 1. The Bertz CT molecular complexity index is 1930. The zero-order valence-corrected chi connectivity index (χ0v) is 23.3. The number of benzene rings is 4. The van der Waals surface area contributed by atoms with Gasteiger partial charge in [-0.1, -0.05) is 67.2 Å². The summed E-state index contributed by atoms with van der Waals surface area (Å²) in [5.41, 5.74) is 2.85. The summed E-state index contributed by atoms with van der Waals surface area (Å²) >= 11 is 0. The summed E-state index contributed by atoms with van der Waals surface area (Å²) in [5.74, 6) is 12.0. The highest BCUT2D eigenvalue weighted by molar-refractivity contribution is 6.14. The zero-order chi connectivity index (χ0) is 29.9. The number of rotatable bonds is 9. The van der Waals surface area contributed by atoms with Gasteiger partial charge in [0.2, 0.25) is 0 Å². The number of carbonyl (C=O) groups is 1. The molecule has 4 aromatic carbocycles. The van der Waals surface area contributed by atoms with Gasteiger partial charge in [-0.2, -0.15) is 10.5 Å². The van der Waals surface area contributed by atoms with Crippen LogP contribution in [0, 0.1) is 46.3 Å². The minimum atomic E-state index is -0.428. The summed E-state index contributed by atoms with van der Waals surface area (Å²) in [6.07, 6.45) is 0.506. The van der Waals surface area contributed by atoms with E-state index in [0.717, 1.165) is 32.7 Å². The van der Waals surface area contributed by atoms with Crippen LogP contribution in [0.15, 0.2) is 84.9 Å². The molecule has 42 heavy (non-hydrogen) atoms. The molecule has 0 aliphatic carbocycles. The Kier molecular flexibility index (Phi) is 9.62. The smallest absolute Gasteiger partial charge is 0.333 e. The Hall–Kier alpha value is -5.95. The van der Waals surface area contributed by atoms with Crippen molar-refractivity contribution >= 4 is 38.7 Å². The highest BCUT2D eigenvalue weighted by atomic mass is 16.5. The molecule has 0 aromatic heterocycles. The van der Waals surface area contributed by atoms with Crippen molar-refractivity contribution in [1.82, 2.24) is 0 Å². The molecule has 0 atom stereocenters. The lowest BCUT2D eigenvalue weighted by Gasteiger charge is -2.15. The van der Waals surface area contributed by atoms with Crippen LogP contribution in [0.25, 0.3) is 32.7 Å². The van der Waals surface area contributed by atoms with Crippen molar-refractivity contribution in [3.63, 3.8) is 0 Å². The van der Waals surface area contributed by atoms with Gasteiger partial charge in [-0.25, -0.2) is 4.79 Å². The second-order valence-corrected chi connectivity index (χ2v) is 9.11. The molecule has 0 amide bonds. The van der Waals surface area contributed by atoms with E-state index in [1.807, 2.05) is 84.9 Å². The van der Waals surface area contributed by atoms with Gasteiger partial charge in [-0.15, -0.1) is 0 Å². The summed E-state index contributed by atoms with van der Waals surface area (Å²) in [7, 11) is 1.61. The molecule has 0 aliphatic rings. The molecule has 204 valence electrons. The van der Waals surface area contributed by atoms with E-state index in [0.29, 0.717) is 41.2 Å². The third-order valence-corrected chi connectivity index (χ3v) is 6.39. The van der Waals surface area contributed by atoms with E-state index in [9.17, 15) is 15.3 Å². The third kappa shape index (κ3) is 6.43. The van der Waals surface area contributed by atoms with E-state index in [1.165, 1.54) is 0 Å². The Morgan fingerprint density at radius 2 is 1.24 bits per heavy atom. The molecule has 6 nitrogen and oxygen atoms in total. The number of fused-ring (bicyclic) bond motifs is 2. The molecule has 4 aromatic rings. The maximum Gasteiger partial charge on any atom is 0.333 e. The van der Waals surface area contributed by atoms with E-state index in [4.69, 9.17) is 14.2 Å². The van der Waals surface area contributed by atoms with Crippen LogP contribution in [0.3, 0.4) is 0 Å². The lowest BCUT2D eigenvalue weighted by molar-refractivity contribution is -0.139. The number of nitrogens with zero attached hydrogens (tertiary/aromatic N) is 2. The average Bonchev–Trinajstić information content (AvgIpc) is 3.01. The minimum absolute atomic E-state index is 0.217. The zero-order valence-electron chi connectivity index (χ0n) is 23.3. The maximum atomic E-state index is 11.6. The second kappa shape index (κ2) is 13.9. The fourth-order valence-electron chi connectivity index (χ4n) is 4.54. The molecule has 0 fully saturated rings. The van der Waals surface area contributed by atoms with Gasteiger partial charge >= 0.3 is 5.97 Å². The van der Waals surface area contributed by atoms with Gasteiger partial charge in [0.15, 0.2) is 12.1 Å². The maximum absolute atomic E-state index is 11.6. The van der Waals surface area contributed by atoms with Crippen LogP contribution in [0.2, 0.25) is 0 Å². The number of hydrogen-bond donors (Lipinski definition) is 0. The van der Waals surface area contributed by atoms with Crippen LogP contribution >= 0.6 is 0 Å².